The molecule has 5 N–H and O–H groups in total. The average molecular weight is 640 g/mol. The van der Waals surface area contributed by atoms with Crippen molar-refractivity contribution in [3.63, 3.8) is 0 Å². The maximum atomic E-state index is 13.7. The van der Waals surface area contributed by atoms with Gasteiger partial charge in [-0.2, -0.15) is 0 Å². The first-order chi connectivity index (χ1) is 21.9. The number of aliphatic hydroxyl groups is 1. The average Bonchev–Trinajstić information content (AvgIpc) is 3.02. The van der Waals surface area contributed by atoms with Crippen LogP contribution in [0.5, 0.6) is 0 Å². The lowest BCUT2D eigenvalue weighted by Crippen LogP contribution is -2.57. The SMILES string of the molecule is CCC(C)CNC(=O)CC(O)C(CC(C)C)NC(=O)[C@H](CC(C)C)NC(=O)[C@H](Cc1cccnc1)NC(=O)OCc1ccccc1. The van der Waals surface area contributed by atoms with Gasteiger partial charge in [-0.25, -0.2) is 4.79 Å². The molecule has 1 aromatic carbocycles. The van der Waals surface area contributed by atoms with Crippen molar-refractivity contribution in [2.45, 2.75) is 104 Å². The number of ether oxygens (including phenoxy) is 1. The third-order valence-electron chi connectivity index (χ3n) is 7.58. The summed E-state index contributed by atoms with van der Waals surface area (Å²) in [6.45, 7) is 12.4. The summed E-state index contributed by atoms with van der Waals surface area (Å²) in [6, 6.07) is 10.00. The van der Waals surface area contributed by atoms with Crippen molar-refractivity contribution in [1.82, 2.24) is 26.3 Å². The zero-order valence-electron chi connectivity index (χ0n) is 28.1. The number of carbonyl (C=O) groups excluding carboxylic acids is 4. The van der Waals surface area contributed by atoms with Gasteiger partial charge in [-0.3, -0.25) is 19.4 Å². The highest BCUT2D eigenvalue weighted by molar-refractivity contribution is 5.91. The number of alkyl carbamates (subject to hydrolysis) is 1. The smallest absolute Gasteiger partial charge is 0.408 e. The summed E-state index contributed by atoms with van der Waals surface area (Å²) in [6.07, 6.45) is 2.97. The molecule has 0 spiro atoms. The van der Waals surface area contributed by atoms with Crippen LogP contribution < -0.4 is 21.3 Å². The summed E-state index contributed by atoms with van der Waals surface area (Å²) >= 11 is 0. The number of hydrogen-bond acceptors (Lipinski definition) is 7. The minimum Gasteiger partial charge on any atom is -0.445 e. The zero-order valence-corrected chi connectivity index (χ0v) is 28.1. The maximum Gasteiger partial charge on any atom is 0.408 e. The lowest BCUT2D eigenvalue weighted by Gasteiger charge is -2.29. The van der Waals surface area contributed by atoms with Gasteiger partial charge in [0.2, 0.25) is 17.7 Å². The standard InChI is InChI=1S/C35H53N5O6/c1-7-25(6)20-37-32(42)19-31(41)28(16-23(2)3)38-33(43)29(17-24(4)5)39-34(44)30(18-27-14-11-15-36-21-27)40-35(45)46-22-26-12-9-8-10-13-26/h8-15,21,23-25,28-31,41H,7,16-20,22H2,1-6H3,(H,37,42)(H,38,43)(H,39,44)(H,40,45)/t25?,28?,29-,30-,31?/m0/s1. The van der Waals surface area contributed by atoms with Gasteiger partial charge >= 0.3 is 6.09 Å². The van der Waals surface area contributed by atoms with Crippen LogP contribution in [0.3, 0.4) is 0 Å². The van der Waals surface area contributed by atoms with E-state index >= 15 is 0 Å². The van der Waals surface area contributed by atoms with Crippen molar-refractivity contribution in [2.24, 2.45) is 17.8 Å². The van der Waals surface area contributed by atoms with Crippen molar-refractivity contribution < 1.29 is 29.0 Å². The topological polar surface area (TPSA) is 159 Å². The van der Waals surface area contributed by atoms with Gasteiger partial charge in [0, 0.05) is 25.4 Å². The molecule has 3 unspecified atom stereocenters. The van der Waals surface area contributed by atoms with Gasteiger partial charge in [-0.05, 0) is 47.8 Å². The van der Waals surface area contributed by atoms with Crippen LogP contribution in [0, 0.1) is 17.8 Å². The molecular weight excluding hydrogens is 586 g/mol. The molecule has 0 aliphatic heterocycles. The fourth-order valence-corrected chi connectivity index (χ4v) is 4.79. The normalized spacial score (nSPS) is 14.5. The number of aliphatic hydroxyl groups excluding tert-OH is 1. The van der Waals surface area contributed by atoms with E-state index in [-0.39, 0.29) is 37.2 Å². The Morgan fingerprint density at radius 3 is 2.09 bits per heavy atom. The molecule has 254 valence electrons. The summed E-state index contributed by atoms with van der Waals surface area (Å²) in [5.74, 6) is -0.848. The molecule has 2 aromatic rings. The van der Waals surface area contributed by atoms with Crippen molar-refractivity contribution in [3.05, 3.63) is 66.0 Å². The van der Waals surface area contributed by atoms with E-state index in [9.17, 15) is 24.3 Å². The first-order valence-corrected chi connectivity index (χ1v) is 16.3. The molecule has 0 aliphatic carbocycles. The monoisotopic (exact) mass is 639 g/mol. The number of aromatic nitrogens is 1. The van der Waals surface area contributed by atoms with Gasteiger partial charge in [-0.15, -0.1) is 0 Å². The summed E-state index contributed by atoms with van der Waals surface area (Å²) in [4.78, 5) is 56.7. The second kappa shape index (κ2) is 20.2. The third kappa shape index (κ3) is 14.9. The Labute approximate surface area is 273 Å². The summed E-state index contributed by atoms with van der Waals surface area (Å²) in [5.41, 5.74) is 1.51. The van der Waals surface area contributed by atoms with Crippen molar-refractivity contribution >= 4 is 23.8 Å². The minimum absolute atomic E-state index is 0.0293. The summed E-state index contributed by atoms with van der Waals surface area (Å²) < 4.78 is 5.36. The van der Waals surface area contributed by atoms with Crippen molar-refractivity contribution in [1.29, 1.82) is 0 Å². The second-order valence-corrected chi connectivity index (χ2v) is 12.8. The predicted octanol–water partition coefficient (Wildman–Crippen LogP) is 3.89. The summed E-state index contributed by atoms with van der Waals surface area (Å²) in [5, 5.41) is 22.2. The van der Waals surface area contributed by atoms with E-state index in [4.69, 9.17) is 4.74 Å². The Balaban J connectivity index is 2.16. The maximum absolute atomic E-state index is 13.7. The van der Waals surface area contributed by atoms with Gasteiger partial charge < -0.3 is 31.1 Å². The Morgan fingerprint density at radius 2 is 1.48 bits per heavy atom. The zero-order chi connectivity index (χ0) is 34.1. The number of nitrogens with zero attached hydrogens (tertiary/aromatic N) is 1. The van der Waals surface area contributed by atoms with Crippen LogP contribution in [-0.4, -0.2) is 64.7 Å². The van der Waals surface area contributed by atoms with Crippen LogP contribution >= 0.6 is 0 Å². The number of nitrogens with one attached hydrogen (secondary N) is 4. The highest BCUT2D eigenvalue weighted by Crippen LogP contribution is 2.14. The molecule has 0 saturated heterocycles. The molecule has 0 radical (unpaired) electrons. The summed E-state index contributed by atoms with van der Waals surface area (Å²) in [7, 11) is 0. The molecule has 4 amide bonds. The number of amides is 4. The van der Waals surface area contributed by atoms with Gasteiger partial charge in [0.1, 0.15) is 18.7 Å². The first-order valence-electron chi connectivity index (χ1n) is 16.3. The fourth-order valence-electron chi connectivity index (χ4n) is 4.79. The third-order valence-corrected chi connectivity index (χ3v) is 7.58. The number of carbonyl (C=O) groups is 4. The molecule has 0 aliphatic rings. The Morgan fingerprint density at radius 1 is 0.826 bits per heavy atom. The van der Waals surface area contributed by atoms with Crippen LogP contribution in [0.15, 0.2) is 54.9 Å². The second-order valence-electron chi connectivity index (χ2n) is 12.8. The molecule has 11 nitrogen and oxygen atoms in total. The molecule has 0 saturated carbocycles. The molecule has 1 aromatic heterocycles. The van der Waals surface area contributed by atoms with E-state index in [0.717, 1.165) is 12.0 Å². The van der Waals surface area contributed by atoms with E-state index in [1.165, 1.54) is 0 Å². The Kier molecular flexibility index (Phi) is 16.8. The van der Waals surface area contributed by atoms with Crippen LogP contribution in [0.25, 0.3) is 0 Å². The molecule has 46 heavy (non-hydrogen) atoms. The molecule has 1 heterocycles. The van der Waals surface area contributed by atoms with Crippen molar-refractivity contribution in [3.8, 4) is 0 Å². The van der Waals surface area contributed by atoms with E-state index < -0.39 is 42.1 Å². The van der Waals surface area contributed by atoms with Crippen LogP contribution in [-0.2, 0) is 32.1 Å². The highest BCUT2D eigenvalue weighted by atomic mass is 16.5. The van der Waals surface area contributed by atoms with Gasteiger partial charge in [0.25, 0.3) is 0 Å². The van der Waals surface area contributed by atoms with Crippen LogP contribution in [0.2, 0.25) is 0 Å². The highest BCUT2D eigenvalue weighted by Gasteiger charge is 2.31. The largest absolute Gasteiger partial charge is 0.445 e. The predicted molar refractivity (Wildman–Crippen MR) is 177 cm³/mol. The molecule has 11 heteroatoms. The van der Waals surface area contributed by atoms with Gasteiger partial charge in [0.15, 0.2) is 0 Å². The van der Waals surface area contributed by atoms with Gasteiger partial charge in [0.05, 0.1) is 18.6 Å². The molecule has 5 atom stereocenters. The number of rotatable bonds is 19. The van der Waals surface area contributed by atoms with E-state index in [1.807, 2.05) is 71.9 Å². The lowest BCUT2D eigenvalue weighted by molar-refractivity contribution is -0.131. The molecule has 0 fully saturated rings. The minimum atomic E-state index is -1.11. The van der Waals surface area contributed by atoms with Crippen LogP contribution in [0.4, 0.5) is 4.79 Å². The van der Waals surface area contributed by atoms with Crippen LogP contribution in [0.1, 0.15) is 78.4 Å². The van der Waals surface area contributed by atoms with E-state index in [2.05, 4.69) is 26.3 Å². The molecule has 0 bridgehead atoms. The number of hydrogen-bond donors (Lipinski definition) is 5. The Hall–Kier alpha value is -3.99. The quantitative estimate of drug-likeness (QED) is 0.156. The van der Waals surface area contributed by atoms with E-state index in [0.29, 0.717) is 30.9 Å². The van der Waals surface area contributed by atoms with Crippen molar-refractivity contribution in [2.75, 3.05) is 6.54 Å². The van der Waals surface area contributed by atoms with E-state index in [1.54, 1.807) is 24.5 Å². The molecular formula is C35H53N5O6. The first kappa shape index (κ1) is 38.2. The number of benzene rings is 1. The lowest BCUT2D eigenvalue weighted by atomic mass is 9.95. The Bertz CT molecular complexity index is 1210. The van der Waals surface area contributed by atoms with Gasteiger partial charge in [-0.1, -0.05) is 84.4 Å². The fraction of sp³-hybridized carbons (Fsp3) is 0.571. The number of pyridine rings is 1. The molecule has 2 rings (SSSR count).